The lowest BCUT2D eigenvalue weighted by molar-refractivity contribution is -0.135. The Morgan fingerprint density at radius 2 is 2.05 bits per heavy atom. The zero-order chi connectivity index (χ0) is 15.2. The summed E-state index contributed by atoms with van der Waals surface area (Å²) in [6.45, 7) is 4.57. The molecule has 1 aliphatic rings. The number of morpholine rings is 1. The average Bonchev–Trinajstić information content (AvgIpc) is 2.50. The monoisotopic (exact) mass is 291 g/mol. The van der Waals surface area contributed by atoms with Crippen molar-refractivity contribution in [1.82, 2.24) is 10.2 Å². The van der Waals surface area contributed by atoms with Crippen LogP contribution in [0.1, 0.15) is 22.3 Å². The predicted molar refractivity (Wildman–Crippen MR) is 79.9 cm³/mol. The standard InChI is InChI=1S/C15H21N3O3/c1-11-3-2-4-12(14(11)16)15(20)17-6-5-13(19)18-7-9-21-10-8-18/h2-4H,5-10,16H2,1H3,(H,17,20). The number of nitrogens with two attached hydrogens (primary N) is 1. The molecule has 0 bridgehead atoms. The molecule has 0 unspecified atom stereocenters. The van der Waals surface area contributed by atoms with Gasteiger partial charge in [-0.05, 0) is 18.6 Å². The normalized spacial score (nSPS) is 14.8. The van der Waals surface area contributed by atoms with Crippen LogP contribution in [0.15, 0.2) is 18.2 Å². The van der Waals surface area contributed by atoms with Crippen LogP contribution in [0, 0.1) is 6.92 Å². The number of carbonyl (C=O) groups is 2. The highest BCUT2D eigenvalue weighted by Gasteiger charge is 2.17. The Hall–Kier alpha value is -2.08. The Kier molecular flexibility index (Phi) is 5.16. The highest BCUT2D eigenvalue weighted by Crippen LogP contribution is 2.16. The number of ether oxygens (including phenoxy) is 1. The van der Waals surface area contributed by atoms with Crippen molar-refractivity contribution in [3.05, 3.63) is 29.3 Å². The number of carbonyl (C=O) groups excluding carboxylic acids is 2. The molecule has 2 rings (SSSR count). The minimum Gasteiger partial charge on any atom is -0.398 e. The molecule has 21 heavy (non-hydrogen) atoms. The molecule has 3 N–H and O–H groups in total. The van der Waals surface area contributed by atoms with E-state index in [0.29, 0.717) is 44.1 Å². The number of nitrogens with zero attached hydrogens (tertiary/aromatic N) is 1. The number of benzene rings is 1. The van der Waals surface area contributed by atoms with Gasteiger partial charge in [-0.2, -0.15) is 0 Å². The first-order valence-corrected chi connectivity index (χ1v) is 7.08. The fourth-order valence-corrected chi connectivity index (χ4v) is 2.23. The van der Waals surface area contributed by atoms with Gasteiger partial charge >= 0.3 is 0 Å². The van der Waals surface area contributed by atoms with E-state index in [1.807, 2.05) is 13.0 Å². The van der Waals surface area contributed by atoms with Crippen LogP contribution < -0.4 is 11.1 Å². The molecule has 1 aromatic carbocycles. The molecular weight excluding hydrogens is 270 g/mol. The quantitative estimate of drug-likeness (QED) is 0.794. The molecule has 114 valence electrons. The van der Waals surface area contributed by atoms with E-state index in [2.05, 4.69) is 5.32 Å². The van der Waals surface area contributed by atoms with Gasteiger partial charge in [-0.1, -0.05) is 12.1 Å². The summed E-state index contributed by atoms with van der Waals surface area (Å²) in [5, 5.41) is 2.74. The second kappa shape index (κ2) is 7.08. The van der Waals surface area contributed by atoms with Crippen molar-refractivity contribution in [2.75, 3.05) is 38.6 Å². The topological polar surface area (TPSA) is 84.7 Å². The van der Waals surface area contributed by atoms with E-state index in [4.69, 9.17) is 10.5 Å². The molecule has 0 radical (unpaired) electrons. The molecule has 1 fully saturated rings. The summed E-state index contributed by atoms with van der Waals surface area (Å²) in [6.07, 6.45) is 0.289. The van der Waals surface area contributed by atoms with Crippen molar-refractivity contribution in [2.45, 2.75) is 13.3 Å². The van der Waals surface area contributed by atoms with E-state index in [1.54, 1.807) is 17.0 Å². The Labute approximate surface area is 124 Å². The van der Waals surface area contributed by atoms with Crippen molar-refractivity contribution in [3.8, 4) is 0 Å². The number of anilines is 1. The van der Waals surface area contributed by atoms with Crippen LogP contribution in [0.2, 0.25) is 0 Å². The number of para-hydroxylation sites is 1. The summed E-state index contributed by atoms with van der Waals surface area (Å²) in [5.74, 6) is -0.207. The molecule has 0 aliphatic carbocycles. The van der Waals surface area contributed by atoms with E-state index in [-0.39, 0.29) is 18.2 Å². The van der Waals surface area contributed by atoms with E-state index in [1.165, 1.54) is 0 Å². The fraction of sp³-hybridized carbons (Fsp3) is 0.467. The molecular formula is C15H21N3O3. The number of nitrogen functional groups attached to an aromatic ring is 1. The van der Waals surface area contributed by atoms with Crippen LogP contribution >= 0.6 is 0 Å². The highest BCUT2D eigenvalue weighted by atomic mass is 16.5. The van der Waals surface area contributed by atoms with Gasteiger partial charge in [0.2, 0.25) is 5.91 Å². The number of aryl methyl sites for hydroxylation is 1. The van der Waals surface area contributed by atoms with Gasteiger partial charge in [-0.25, -0.2) is 0 Å². The lowest BCUT2D eigenvalue weighted by Gasteiger charge is -2.26. The zero-order valence-electron chi connectivity index (χ0n) is 12.2. The molecule has 0 atom stereocenters. The SMILES string of the molecule is Cc1cccc(C(=O)NCCC(=O)N2CCOCC2)c1N. The second-order valence-electron chi connectivity index (χ2n) is 5.04. The van der Waals surface area contributed by atoms with Gasteiger partial charge in [0.25, 0.3) is 5.91 Å². The molecule has 6 heteroatoms. The van der Waals surface area contributed by atoms with Gasteiger partial charge in [0.1, 0.15) is 0 Å². The number of nitrogens with one attached hydrogen (secondary N) is 1. The third-order valence-corrected chi connectivity index (χ3v) is 3.56. The maximum Gasteiger partial charge on any atom is 0.253 e. The molecule has 6 nitrogen and oxygen atoms in total. The van der Waals surface area contributed by atoms with Crippen LogP contribution in [0.5, 0.6) is 0 Å². The van der Waals surface area contributed by atoms with Crippen LogP contribution in [0.4, 0.5) is 5.69 Å². The largest absolute Gasteiger partial charge is 0.398 e. The van der Waals surface area contributed by atoms with Gasteiger partial charge in [0.05, 0.1) is 18.8 Å². The average molecular weight is 291 g/mol. The van der Waals surface area contributed by atoms with Crippen molar-refractivity contribution < 1.29 is 14.3 Å². The Balaban J connectivity index is 1.81. The molecule has 0 aromatic heterocycles. The Morgan fingerprint density at radius 1 is 1.33 bits per heavy atom. The minimum atomic E-state index is -0.244. The number of amides is 2. The van der Waals surface area contributed by atoms with Gasteiger partial charge in [-0.15, -0.1) is 0 Å². The summed E-state index contributed by atoms with van der Waals surface area (Å²) >= 11 is 0. The molecule has 1 aliphatic heterocycles. The molecule has 0 spiro atoms. The lowest BCUT2D eigenvalue weighted by atomic mass is 10.1. The first kappa shape index (κ1) is 15.3. The first-order chi connectivity index (χ1) is 10.1. The minimum absolute atomic E-state index is 0.0378. The first-order valence-electron chi connectivity index (χ1n) is 7.08. The predicted octanol–water partition coefficient (Wildman–Crippen LogP) is 0.556. The van der Waals surface area contributed by atoms with Crippen molar-refractivity contribution in [1.29, 1.82) is 0 Å². The third-order valence-electron chi connectivity index (χ3n) is 3.56. The van der Waals surface area contributed by atoms with Gasteiger partial charge in [0, 0.05) is 31.7 Å². The summed E-state index contributed by atoms with van der Waals surface area (Å²) in [5.41, 5.74) is 7.68. The Morgan fingerprint density at radius 3 is 2.76 bits per heavy atom. The van der Waals surface area contributed by atoms with Crippen molar-refractivity contribution in [2.24, 2.45) is 0 Å². The zero-order valence-corrected chi connectivity index (χ0v) is 12.2. The highest BCUT2D eigenvalue weighted by molar-refractivity contribution is 5.99. The maximum atomic E-state index is 12.0. The maximum absolute atomic E-state index is 12.0. The van der Waals surface area contributed by atoms with Gasteiger partial charge < -0.3 is 20.7 Å². The third kappa shape index (κ3) is 3.95. The van der Waals surface area contributed by atoms with Crippen LogP contribution in [-0.2, 0) is 9.53 Å². The van der Waals surface area contributed by atoms with Crippen LogP contribution in [0.25, 0.3) is 0 Å². The lowest BCUT2D eigenvalue weighted by Crippen LogP contribution is -2.42. The van der Waals surface area contributed by atoms with Gasteiger partial charge in [0.15, 0.2) is 0 Å². The smallest absolute Gasteiger partial charge is 0.253 e. The summed E-state index contributed by atoms with van der Waals surface area (Å²) in [6, 6.07) is 5.33. The van der Waals surface area contributed by atoms with E-state index in [0.717, 1.165) is 5.56 Å². The summed E-state index contributed by atoms with van der Waals surface area (Å²) in [4.78, 5) is 25.7. The number of hydrogen-bond donors (Lipinski definition) is 2. The summed E-state index contributed by atoms with van der Waals surface area (Å²) < 4.78 is 5.20. The fourth-order valence-electron chi connectivity index (χ4n) is 2.23. The molecule has 1 aromatic rings. The number of rotatable bonds is 4. The molecule has 1 saturated heterocycles. The summed E-state index contributed by atoms with van der Waals surface area (Å²) in [7, 11) is 0. The molecule has 0 saturated carbocycles. The van der Waals surface area contributed by atoms with Crippen molar-refractivity contribution >= 4 is 17.5 Å². The van der Waals surface area contributed by atoms with E-state index >= 15 is 0 Å². The second-order valence-corrected chi connectivity index (χ2v) is 5.04. The number of hydrogen-bond acceptors (Lipinski definition) is 4. The van der Waals surface area contributed by atoms with Crippen LogP contribution in [0.3, 0.4) is 0 Å². The molecule has 1 heterocycles. The van der Waals surface area contributed by atoms with Gasteiger partial charge in [-0.3, -0.25) is 9.59 Å². The van der Waals surface area contributed by atoms with E-state index < -0.39 is 0 Å². The van der Waals surface area contributed by atoms with Crippen molar-refractivity contribution in [3.63, 3.8) is 0 Å². The van der Waals surface area contributed by atoms with Crippen LogP contribution in [-0.4, -0.2) is 49.6 Å². The molecule has 2 amide bonds. The van der Waals surface area contributed by atoms with E-state index in [9.17, 15) is 9.59 Å². The Bertz CT molecular complexity index is 525.